The largest absolute Gasteiger partial charge is 0.378 e. The Morgan fingerprint density at radius 1 is 1.31 bits per heavy atom. The number of hydrogen-bond donors (Lipinski definition) is 1. The predicted octanol–water partition coefficient (Wildman–Crippen LogP) is 1.59. The van der Waals surface area contributed by atoms with E-state index in [0.29, 0.717) is 19.0 Å². The number of aromatic nitrogens is 2. The molecule has 1 aromatic rings. The van der Waals surface area contributed by atoms with Crippen LogP contribution < -0.4 is 5.32 Å². The van der Waals surface area contributed by atoms with Gasteiger partial charge in [-0.05, 0) is 6.42 Å². The molecule has 1 rings (SSSR count). The lowest BCUT2D eigenvalue weighted by Crippen LogP contribution is -2.06. The molecular formula is C11H19N3O2. The van der Waals surface area contributed by atoms with Gasteiger partial charge in [0.2, 0.25) is 0 Å². The van der Waals surface area contributed by atoms with Crippen molar-refractivity contribution >= 4 is 5.82 Å². The van der Waals surface area contributed by atoms with Crippen LogP contribution in [0.4, 0.5) is 5.82 Å². The van der Waals surface area contributed by atoms with Gasteiger partial charge < -0.3 is 14.8 Å². The smallest absolute Gasteiger partial charge is 0.156 e. The molecule has 0 fully saturated rings. The second kappa shape index (κ2) is 7.14. The van der Waals surface area contributed by atoms with E-state index in [-0.39, 0.29) is 0 Å². The Kier molecular flexibility index (Phi) is 5.74. The normalized spacial score (nSPS) is 10.4. The predicted molar refractivity (Wildman–Crippen MR) is 62.2 cm³/mol. The zero-order valence-electron chi connectivity index (χ0n) is 10.1. The van der Waals surface area contributed by atoms with Gasteiger partial charge in [0.05, 0.1) is 12.3 Å². The molecule has 0 amide bonds. The summed E-state index contributed by atoms with van der Waals surface area (Å²) in [4.78, 5) is 8.64. The zero-order valence-corrected chi connectivity index (χ0v) is 10.1. The lowest BCUT2D eigenvalue weighted by Gasteiger charge is -2.07. The van der Waals surface area contributed by atoms with Gasteiger partial charge in [-0.3, -0.25) is 0 Å². The first kappa shape index (κ1) is 12.9. The Morgan fingerprint density at radius 2 is 2.12 bits per heavy atom. The van der Waals surface area contributed by atoms with Gasteiger partial charge in [0.1, 0.15) is 12.4 Å². The monoisotopic (exact) mass is 225 g/mol. The Morgan fingerprint density at radius 3 is 2.75 bits per heavy atom. The molecule has 1 aromatic heterocycles. The molecule has 0 saturated heterocycles. The molecule has 0 atom stereocenters. The summed E-state index contributed by atoms with van der Waals surface area (Å²) in [7, 11) is 3.48. The van der Waals surface area contributed by atoms with Crippen LogP contribution >= 0.6 is 0 Å². The minimum atomic E-state index is 0.445. The highest BCUT2D eigenvalue weighted by molar-refractivity contribution is 5.34. The van der Waals surface area contributed by atoms with Crippen molar-refractivity contribution in [3.63, 3.8) is 0 Å². The molecular weight excluding hydrogens is 206 g/mol. The lowest BCUT2D eigenvalue weighted by molar-refractivity contribution is 0.115. The van der Waals surface area contributed by atoms with Crippen molar-refractivity contribution in [2.45, 2.75) is 26.6 Å². The molecule has 5 nitrogen and oxygen atoms in total. The molecule has 1 heterocycles. The van der Waals surface area contributed by atoms with E-state index in [4.69, 9.17) is 9.47 Å². The lowest BCUT2D eigenvalue weighted by atomic mass is 10.4. The van der Waals surface area contributed by atoms with E-state index in [1.54, 1.807) is 7.11 Å². The summed E-state index contributed by atoms with van der Waals surface area (Å²) in [5.41, 5.74) is 0.858. The molecule has 0 aliphatic rings. The van der Waals surface area contributed by atoms with Gasteiger partial charge in [-0.25, -0.2) is 9.97 Å². The number of nitrogens with zero attached hydrogens (tertiary/aromatic N) is 2. The summed E-state index contributed by atoms with van der Waals surface area (Å²) in [6, 6.07) is 1.87. The average molecular weight is 225 g/mol. The Bertz CT molecular complexity index is 318. The Hall–Kier alpha value is -1.20. The van der Waals surface area contributed by atoms with Crippen LogP contribution in [0.2, 0.25) is 0 Å². The molecule has 5 heteroatoms. The van der Waals surface area contributed by atoms with Crippen LogP contribution in [0.5, 0.6) is 0 Å². The van der Waals surface area contributed by atoms with Crippen LogP contribution in [0.1, 0.15) is 24.9 Å². The SMILES string of the molecule is CCCOCc1nc(COC)cc(NC)n1. The van der Waals surface area contributed by atoms with Crippen molar-refractivity contribution < 1.29 is 9.47 Å². The van der Waals surface area contributed by atoms with Crippen molar-refractivity contribution in [2.24, 2.45) is 0 Å². The number of rotatable bonds is 7. The summed E-state index contributed by atoms with van der Waals surface area (Å²) in [5.74, 6) is 1.48. The van der Waals surface area contributed by atoms with Crippen molar-refractivity contribution in [2.75, 3.05) is 26.1 Å². The maximum atomic E-state index is 5.41. The van der Waals surface area contributed by atoms with Crippen LogP contribution in [0.25, 0.3) is 0 Å². The summed E-state index contributed by atoms with van der Waals surface area (Å²) in [6.07, 6.45) is 0.997. The number of hydrogen-bond acceptors (Lipinski definition) is 5. The van der Waals surface area contributed by atoms with E-state index in [1.165, 1.54) is 0 Å². The van der Waals surface area contributed by atoms with Gasteiger partial charge in [-0.1, -0.05) is 6.92 Å². The maximum Gasteiger partial charge on any atom is 0.156 e. The number of nitrogens with one attached hydrogen (secondary N) is 1. The van der Waals surface area contributed by atoms with Crippen molar-refractivity contribution in [3.8, 4) is 0 Å². The molecule has 0 saturated carbocycles. The molecule has 0 aromatic carbocycles. The Labute approximate surface area is 96.2 Å². The second-order valence-electron chi connectivity index (χ2n) is 3.40. The Balaban J connectivity index is 2.69. The van der Waals surface area contributed by atoms with Crippen molar-refractivity contribution in [1.29, 1.82) is 0 Å². The third-order valence-corrected chi connectivity index (χ3v) is 1.95. The van der Waals surface area contributed by atoms with Gasteiger partial charge in [0.25, 0.3) is 0 Å². The summed E-state index contributed by atoms with van der Waals surface area (Å²) >= 11 is 0. The van der Waals surface area contributed by atoms with Gasteiger partial charge in [0.15, 0.2) is 5.82 Å². The molecule has 1 N–H and O–H groups in total. The first-order valence-electron chi connectivity index (χ1n) is 5.41. The van der Waals surface area contributed by atoms with Crippen LogP contribution in [-0.4, -0.2) is 30.7 Å². The first-order valence-corrected chi connectivity index (χ1v) is 5.41. The number of methoxy groups -OCH3 is 1. The minimum Gasteiger partial charge on any atom is -0.378 e. The molecule has 16 heavy (non-hydrogen) atoms. The van der Waals surface area contributed by atoms with E-state index in [1.807, 2.05) is 13.1 Å². The molecule has 0 spiro atoms. The average Bonchev–Trinajstić information content (AvgIpc) is 2.29. The summed E-state index contributed by atoms with van der Waals surface area (Å²) < 4.78 is 10.5. The zero-order chi connectivity index (χ0) is 11.8. The molecule has 0 unspecified atom stereocenters. The molecule has 90 valence electrons. The van der Waals surface area contributed by atoms with Gasteiger partial charge in [-0.15, -0.1) is 0 Å². The van der Waals surface area contributed by atoms with E-state index in [0.717, 1.165) is 24.5 Å². The van der Waals surface area contributed by atoms with E-state index in [9.17, 15) is 0 Å². The van der Waals surface area contributed by atoms with Gasteiger partial charge in [0, 0.05) is 26.8 Å². The number of ether oxygens (including phenoxy) is 2. The molecule has 0 bridgehead atoms. The highest BCUT2D eigenvalue weighted by atomic mass is 16.5. The van der Waals surface area contributed by atoms with E-state index in [2.05, 4.69) is 22.2 Å². The van der Waals surface area contributed by atoms with Crippen molar-refractivity contribution in [3.05, 3.63) is 17.6 Å². The minimum absolute atomic E-state index is 0.445. The quantitative estimate of drug-likeness (QED) is 0.714. The fraction of sp³-hybridized carbons (Fsp3) is 0.636. The third-order valence-electron chi connectivity index (χ3n) is 1.95. The molecule has 0 radical (unpaired) electrons. The van der Waals surface area contributed by atoms with Gasteiger partial charge in [-0.2, -0.15) is 0 Å². The van der Waals surface area contributed by atoms with Gasteiger partial charge >= 0.3 is 0 Å². The van der Waals surface area contributed by atoms with Crippen molar-refractivity contribution in [1.82, 2.24) is 9.97 Å². The first-order chi connectivity index (χ1) is 7.80. The van der Waals surface area contributed by atoms with E-state index < -0.39 is 0 Å². The highest BCUT2D eigenvalue weighted by Gasteiger charge is 2.03. The fourth-order valence-electron chi connectivity index (χ4n) is 1.27. The topological polar surface area (TPSA) is 56.3 Å². The molecule has 0 aliphatic heterocycles. The van der Waals surface area contributed by atoms with Crippen LogP contribution in [0.3, 0.4) is 0 Å². The highest BCUT2D eigenvalue weighted by Crippen LogP contribution is 2.08. The van der Waals surface area contributed by atoms with Crippen LogP contribution in [-0.2, 0) is 22.7 Å². The third kappa shape index (κ3) is 4.12. The van der Waals surface area contributed by atoms with Crippen LogP contribution in [0.15, 0.2) is 6.07 Å². The standard InChI is InChI=1S/C11H19N3O2/c1-4-5-16-8-11-13-9(7-15-3)6-10(12-2)14-11/h6H,4-5,7-8H2,1-3H3,(H,12,13,14). The molecule has 0 aliphatic carbocycles. The maximum absolute atomic E-state index is 5.41. The number of anilines is 1. The second-order valence-corrected chi connectivity index (χ2v) is 3.40. The van der Waals surface area contributed by atoms with E-state index >= 15 is 0 Å². The summed E-state index contributed by atoms with van der Waals surface area (Å²) in [6.45, 7) is 3.73. The summed E-state index contributed by atoms with van der Waals surface area (Å²) in [5, 5.41) is 2.99. The fourth-order valence-corrected chi connectivity index (χ4v) is 1.27. The van der Waals surface area contributed by atoms with Crippen LogP contribution in [0, 0.1) is 0 Å².